The fraction of sp³-hybridized carbons (Fsp3) is 0.207. The second-order valence-electron chi connectivity index (χ2n) is 9.45. The van der Waals surface area contributed by atoms with E-state index in [-0.39, 0.29) is 11.3 Å². The molecule has 0 saturated carbocycles. The topological polar surface area (TPSA) is 155 Å². The summed E-state index contributed by atoms with van der Waals surface area (Å²) in [4.78, 5) is 36.6. The summed E-state index contributed by atoms with van der Waals surface area (Å²) in [6, 6.07) is 15.7. The van der Waals surface area contributed by atoms with Crippen molar-refractivity contribution in [1.82, 2.24) is 14.5 Å². The number of carbonyl (C=O) groups is 3. The third-order valence-electron chi connectivity index (χ3n) is 6.26. The molecule has 0 aliphatic heterocycles. The second-order valence-corrected chi connectivity index (χ2v) is 9.45. The van der Waals surface area contributed by atoms with Crippen molar-refractivity contribution in [3.8, 4) is 23.3 Å². The zero-order chi connectivity index (χ0) is 29.9. The van der Waals surface area contributed by atoms with Crippen molar-refractivity contribution in [2.45, 2.75) is 26.4 Å². The third-order valence-corrected chi connectivity index (χ3v) is 6.26. The van der Waals surface area contributed by atoms with Gasteiger partial charge in [-0.25, -0.2) is 19.0 Å². The van der Waals surface area contributed by atoms with Crippen LogP contribution in [-0.4, -0.2) is 57.3 Å². The standard InChI is InChI=1S/C29H27N5O7/c1-17-21(26(35)39-5)16-34-25(17)24(18(14-30)15-31-34)32-19-10-12-20(13-11-19)40-22-8-6-7-9-23(22)41-29(2,3)27(36)33(4)28(37)38/h6-13,15-16,32H,1-5H3,(H,37,38). The van der Waals surface area contributed by atoms with Gasteiger partial charge in [0.25, 0.3) is 5.91 Å². The number of nitrogens with one attached hydrogen (secondary N) is 1. The Kier molecular flexibility index (Phi) is 7.82. The average molecular weight is 558 g/mol. The summed E-state index contributed by atoms with van der Waals surface area (Å²) in [7, 11) is 2.45. The number of hydrogen-bond acceptors (Lipinski definition) is 9. The number of rotatable bonds is 8. The van der Waals surface area contributed by atoms with Gasteiger partial charge < -0.3 is 24.6 Å². The van der Waals surface area contributed by atoms with Gasteiger partial charge in [-0.1, -0.05) is 12.1 Å². The van der Waals surface area contributed by atoms with Crippen LogP contribution >= 0.6 is 0 Å². The van der Waals surface area contributed by atoms with Gasteiger partial charge in [0, 0.05) is 18.9 Å². The molecule has 2 aromatic heterocycles. The van der Waals surface area contributed by atoms with Crippen LogP contribution in [0.4, 0.5) is 16.2 Å². The number of esters is 1. The minimum absolute atomic E-state index is 0.245. The van der Waals surface area contributed by atoms with Crippen molar-refractivity contribution in [3.63, 3.8) is 0 Å². The van der Waals surface area contributed by atoms with Gasteiger partial charge in [-0.15, -0.1) is 0 Å². The average Bonchev–Trinajstić information content (AvgIpc) is 3.30. The molecule has 0 unspecified atom stereocenters. The maximum atomic E-state index is 12.6. The highest BCUT2D eigenvalue weighted by Crippen LogP contribution is 2.35. The Morgan fingerprint density at radius 3 is 2.37 bits per heavy atom. The van der Waals surface area contributed by atoms with E-state index < -0.39 is 23.6 Å². The summed E-state index contributed by atoms with van der Waals surface area (Å²) >= 11 is 0. The number of aromatic nitrogens is 2. The predicted octanol–water partition coefficient (Wildman–Crippen LogP) is 5.13. The van der Waals surface area contributed by atoms with Crippen LogP contribution in [0.2, 0.25) is 0 Å². The maximum absolute atomic E-state index is 12.6. The predicted molar refractivity (Wildman–Crippen MR) is 148 cm³/mol. The van der Waals surface area contributed by atoms with Gasteiger partial charge in [0.05, 0.1) is 35.6 Å². The number of imide groups is 1. The summed E-state index contributed by atoms with van der Waals surface area (Å²) < 4.78 is 18.3. The molecule has 0 radical (unpaired) electrons. The number of methoxy groups -OCH3 is 1. The molecule has 0 aliphatic rings. The normalized spacial score (nSPS) is 10.9. The quantitative estimate of drug-likeness (QED) is 0.278. The van der Waals surface area contributed by atoms with Crippen LogP contribution < -0.4 is 14.8 Å². The van der Waals surface area contributed by atoms with Crippen molar-refractivity contribution >= 4 is 34.9 Å². The minimum atomic E-state index is -1.49. The number of nitriles is 1. The Labute approximate surface area is 235 Å². The fourth-order valence-corrected chi connectivity index (χ4v) is 4.12. The van der Waals surface area contributed by atoms with Crippen LogP contribution in [0.5, 0.6) is 17.2 Å². The summed E-state index contributed by atoms with van der Waals surface area (Å²) in [5.74, 6) is -0.242. The summed E-state index contributed by atoms with van der Waals surface area (Å²) in [5.41, 5.74) is 1.41. The third kappa shape index (κ3) is 5.74. The van der Waals surface area contributed by atoms with E-state index >= 15 is 0 Å². The number of para-hydroxylation sites is 2. The number of aryl methyl sites for hydroxylation is 1. The monoisotopic (exact) mass is 557 g/mol. The number of carbonyl (C=O) groups excluding carboxylic acids is 2. The largest absolute Gasteiger partial charge is 0.474 e. The van der Waals surface area contributed by atoms with E-state index in [0.717, 1.165) is 7.05 Å². The van der Waals surface area contributed by atoms with Gasteiger partial charge in [0.1, 0.15) is 11.8 Å². The molecule has 4 rings (SSSR count). The molecule has 12 heteroatoms. The fourth-order valence-electron chi connectivity index (χ4n) is 4.12. The molecule has 0 fully saturated rings. The van der Waals surface area contributed by atoms with E-state index in [0.29, 0.717) is 44.4 Å². The molecular formula is C29H27N5O7. The van der Waals surface area contributed by atoms with E-state index in [1.165, 1.54) is 31.7 Å². The Morgan fingerprint density at radius 1 is 1.10 bits per heavy atom. The first kappa shape index (κ1) is 28.4. The molecule has 41 heavy (non-hydrogen) atoms. The summed E-state index contributed by atoms with van der Waals surface area (Å²) in [6.07, 6.45) is 1.56. The number of carboxylic acid groups (broad SMARTS) is 1. The SMILES string of the molecule is COC(=O)c1cn2ncc(C#N)c(Nc3ccc(Oc4ccccc4OC(C)(C)C(=O)N(C)C(=O)O)cc3)c2c1C. The van der Waals surface area contributed by atoms with Crippen LogP contribution in [0, 0.1) is 18.3 Å². The molecule has 12 nitrogen and oxygen atoms in total. The first-order valence-corrected chi connectivity index (χ1v) is 12.3. The van der Waals surface area contributed by atoms with E-state index in [4.69, 9.17) is 19.3 Å². The zero-order valence-corrected chi connectivity index (χ0v) is 23.0. The number of benzene rings is 2. The highest BCUT2D eigenvalue weighted by atomic mass is 16.5. The van der Waals surface area contributed by atoms with Crippen LogP contribution in [0.1, 0.15) is 35.3 Å². The van der Waals surface area contributed by atoms with E-state index in [1.807, 2.05) is 0 Å². The van der Waals surface area contributed by atoms with E-state index in [1.54, 1.807) is 61.7 Å². The highest BCUT2D eigenvalue weighted by molar-refractivity contribution is 5.97. The first-order chi connectivity index (χ1) is 19.5. The minimum Gasteiger partial charge on any atom is -0.474 e. The van der Waals surface area contributed by atoms with Crippen LogP contribution in [0.25, 0.3) is 5.52 Å². The molecule has 0 aliphatic carbocycles. The molecular weight excluding hydrogens is 530 g/mol. The first-order valence-electron chi connectivity index (χ1n) is 12.3. The van der Waals surface area contributed by atoms with Gasteiger partial charge in [0.2, 0.25) is 0 Å². The van der Waals surface area contributed by atoms with Crippen LogP contribution in [-0.2, 0) is 9.53 Å². The molecule has 2 heterocycles. The lowest BCUT2D eigenvalue weighted by molar-refractivity contribution is -0.141. The Balaban J connectivity index is 1.58. The number of hydrogen-bond donors (Lipinski definition) is 2. The van der Waals surface area contributed by atoms with Crippen LogP contribution in [0.15, 0.2) is 60.9 Å². The van der Waals surface area contributed by atoms with E-state index in [2.05, 4.69) is 16.5 Å². The van der Waals surface area contributed by atoms with Gasteiger partial charge >= 0.3 is 12.1 Å². The number of fused-ring (bicyclic) bond motifs is 1. The summed E-state index contributed by atoms with van der Waals surface area (Å²) in [6.45, 7) is 4.69. The smallest absolute Gasteiger partial charge is 0.413 e. The number of ether oxygens (including phenoxy) is 3. The number of amides is 2. The number of anilines is 2. The second kappa shape index (κ2) is 11.3. The van der Waals surface area contributed by atoms with Crippen molar-refractivity contribution in [3.05, 3.63) is 77.6 Å². The molecule has 0 saturated heterocycles. The molecule has 2 amide bonds. The highest BCUT2D eigenvalue weighted by Gasteiger charge is 2.36. The number of nitrogens with zero attached hydrogens (tertiary/aromatic N) is 4. The molecule has 210 valence electrons. The lowest BCUT2D eigenvalue weighted by Crippen LogP contribution is -2.49. The molecule has 2 aromatic carbocycles. The maximum Gasteiger partial charge on any atom is 0.413 e. The Morgan fingerprint density at radius 2 is 1.76 bits per heavy atom. The lowest BCUT2D eigenvalue weighted by atomic mass is 10.1. The molecule has 0 bridgehead atoms. The molecule has 4 aromatic rings. The lowest BCUT2D eigenvalue weighted by Gasteiger charge is -2.28. The molecule has 0 atom stereocenters. The van der Waals surface area contributed by atoms with Gasteiger partial charge in [0.15, 0.2) is 17.1 Å². The van der Waals surface area contributed by atoms with Crippen LogP contribution in [0.3, 0.4) is 0 Å². The van der Waals surface area contributed by atoms with Crippen molar-refractivity contribution < 1.29 is 33.7 Å². The Bertz CT molecular complexity index is 1690. The van der Waals surface area contributed by atoms with Crippen molar-refractivity contribution in [2.75, 3.05) is 19.5 Å². The molecule has 0 spiro atoms. The van der Waals surface area contributed by atoms with Crippen molar-refractivity contribution in [2.24, 2.45) is 0 Å². The summed E-state index contributed by atoms with van der Waals surface area (Å²) in [5, 5.41) is 26.3. The van der Waals surface area contributed by atoms with Crippen molar-refractivity contribution in [1.29, 1.82) is 5.26 Å². The number of likely N-dealkylation sites (N-methyl/N-ethyl adjacent to an activating group) is 1. The van der Waals surface area contributed by atoms with Gasteiger partial charge in [-0.05, 0) is 62.7 Å². The zero-order valence-electron chi connectivity index (χ0n) is 23.0. The Hall–Kier alpha value is -5.57. The van der Waals surface area contributed by atoms with E-state index in [9.17, 15) is 19.6 Å². The van der Waals surface area contributed by atoms with Gasteiger partial charge in [-0.2, -0.15) is 10.4 Å². The molecule has 2 N–H and O–H groups in total. The van der Waals surface area contributed by atoms with Gasteiger partial charge in [-0.3, -0.25) is 4.79 Å².